The van der Waals surface area contributed by atoms with Crippen LogP contribution in [0.25, 0.3) is 0 Å². The van der Waals surface area contributed by atoms with Crippen LogP contribution in [0, 0.1) is 11.3 Å². The molecule has 1 heterocycles. The molecule has 1 aromatic carbocycles. The fourth-order valence-corrected chi connectivity index (χ4v) is 4.26. The second-order valence-electron chi connectivity index (χ2n) is 6.25. The highest BCUT2D eigenvalue weighted by Crippen LogP contribution is 2.37. The van der Waals surface area contributed by atoms with Crippen molar-refractivity contribution in [2.75, 3.05) is 19.0 Å². The Balaban J connectivity index is 1.58. The number of thiophene rings is 1. The molecule has 0 aliphatic heterocycles. The smallest absolute Gasteiger partial charge is 0.265 e. The second-order valence-corrected chi connectivity index (χ2v) is 7.36. The molecule has 2 aromatic rings. The highest BCUT2D eigenvalue weighted by atomic mass is 32.1. The van der Waals surface area contributed by atoms with Gasteiger partial charge in [0, 0.05) is 4.88 Å². The van der Waals surface area contributed by atoms with Gasteiger partial charge >= 0.3 is 0 Å². The molecular formula is C20H21N3O3S. The number of carbonyl (C=O) groups is 1. The molecule has 1 aliphatic carbocycles. The number of hydrogen-bond acceptors (Lipinski definition) is 6. The Labute approximate surface area is 162 Å². The predicted octanol–water partition coefficient (Wildman–Crippen LogP) is 3.89. The Morgan fingerprint density at radius 2 is 2.04 bits per heavy atom. The largest absolute Gasteiger partial charge is 0.497 e. The van der Waals surface area contributed by atoms with Crippen LogP contribution in [0.2, 0.25) is 0 Å². The molecule has 0 saturated heterocycles. The van der Waals surface area contributed by atoms with E-state index in [-0.39, 0.29) is 12.5 Å². The van der Waals surface area contributed by atoms with Crippen molar-refractivity contribution < 1.29 is 14.4 Å². The number of carbonyl (C=O) groups excluding carboxylic acids is 1. The number of benzene rings is 1. The fourth-order valence-electron chi connectivity index (χ4n) is 3.01. The van der Waals surface area contributed by atoms with Crippen molar-refractivity contribution in [3.05, 3.63) is 45.8 Å². The maximum atomic E-state index is 12.2. The topological polar surface area (TPSA) is 83.7 Å². The molecule has 3 rings (SSSR count). The van der Waals surface area contributed by atoms with Gasteiger partial charge in [-0.2, -0.15) is 5.26 Å². The average Bonchev–Trinajstić information content (AvgIpc) is 3.04. The van der Waals surface area contributed by atoms with Crippen molar-refractivity contribution in [1.82, 2.24) is 0 Å². The third kappa shape index (κ3) is 4.47. The molecule has 0 saturated carbocycles. The zero-order valence-corrected chi connectivity index (χ0v) is 16.2. The van der Waals surface area contributed by atoms with Crippen LogP contribution in [0.15, 0.2) is 29.4 Å². The Morgan fingerprint density at radius 1 is 1.30 bits per heavy atom. The minimum atomic E-state index is -0.323. The van der Waals surface area contributed by atoms with Crippen LogP contribution in [0.4, 0.5) is 5.00 Å². The highest BCUT2D eigenvalue weighted by Gasteiger charge is 2.21. The maximum Gasteiger partial charge on any atom is 0.265 e. The van der Waals surface area contributed by atoms with Gasteiger partial charge in [0.2, 0.25) is 0 Å². The number of nitriles is 1. The molecule has 0 spiro atoms. The third-order valence-electron chi connectivity index (χ3n) is 4.44. The van der Waals surface area contributed by atoms with Crippen molar-refractivity contribution in [3.63, 3.8) is 0 Å². The van der Waals surface area contributed by atoms with Crippen LogP contribution in [-0.2, 0) is 22.5 Å². The minimum absolute atomic E-state index is 0.207. The molecule has 0 atom stereocenters. The third-order valence-corrected chi connectivity index (χ3v) is 5.65. The summed E-state index contributed by atoms with van der Waals surface area (Å²) in [6, 6.07) is 9.65. The van der Waals surface area contributed by atoms with E-state index >= 15 is 0 Å². The SMILES string of the molecule is COc1ccc(/C(C)=N/OCC(=O)Nc2sc3c(c2C#N)CCCC3)cc1. The van der Waals surface area contributed by atoms with E-state index in [4.69, 9.17) is 9.57 Å². The number of rotatable bonds is 6. The number of nitrogens with one attached hydrogen (secondary N) is 1. The minimum Gasteiger partial charge on any atom is -0.497 e. The lowest BCUT2D eigenvalue weighted by atomic mass is 9.96. The van der Waals surface area contributed by atoms with E-state index in [9.17, 15) is 10.1 Å². The van der Waals surface area contributed by atoms with Gasteiger partial charge in [0.15, 0.2) is 6.61 Å². The number of anilines is 1. The predicted molar refractivity (Wildman–Crippen MR) is 105 cm³/mol. The molecule has 1 aliphatic rings. The summed E-state index contributed by atoms with van der Waals surface area (Å²) in [6.07, 6.45) is 4.11. The van der Waals surface area contributed by atoms with E-state index in [1.165, 1.54) is 16.2 Å². The monoisotopic (exact) mass is 383 g/mol. The van der Waals surface area contributed by atoms with Gasteiger partial charge in [-0.1, -0.05) is 5.16 Å². The lowest BCUT2D eigenvalue weighted by Crippen LogP contribution is -2.17. The summed E-state index contributed by atoms with van der Waals surface area (Å²) in [4.78, 5) is 18.6. The lowest BCUT2D eigenvalue weighted by molar-refractivity contribution is -0.120. The summed E-state index contributed by atoms with van der Waals surface area (Å²) in [6.45, 7) is 1.60. The second kappa shape index (κ2) is 8.69. The summed E-state index contributed by atoms with van der Waals surface area (Å²) < 4.78 is 5.12. The Bertz CT molecular complexity index is 894. The number of methoxy groups -OCH3 is 1. The fraction of sp³-hybridized carbons (Fsp3) is 0.350. The number of amides is 1. The zero-order chi connectivity index (χ0) is 19.2. The molecule has 0 fully saturated rings. The standard InChI is InChI=1S/C20H21N3O3S/c1-13(14-7-9-15(25-2)10-8-14)23-26-12-19(24)22-20-17(11-21)16-5-3-4-6-18(16)27-20/h7-10H,3-6,12H2,1-2H3,(H,22,24)/b23-13+. The van der Waals surface area contributed by atoms with E-state index in [1.807, 2.05) is 24.3 Å². The number of nitrogens with zero attached hydrogens (tertiary/aromatic N) is 2. The molecule has 0 radical (unpaired) electrons. The van der Waals surface area contributed by atoms with Crippen LogP contribution < -0.4 is 10.1 Å². The van der Waals surface area contributed by atoms with Gasteiger partial charge in [-0.15, -0.1) is 11.3 Å². The van der Waals surface area contributed by atoms with Crippen molar-refractivity contribution in [2.45, 2.75) is 32.6 Å². The van der Waals surface area contributed by atoms with E-state index in [0.717, 1.165) is 42.6 Å². The number of fused-ring (bicyclic) bond motifs is 1. The Kier molecular flexibility index (Phi) is 6.09. The van der Waals surface area contributed by atoms with Crippen molar-refractivity contribution in [3.8, 4) is 11.8 Å². The normalized spacial score (nSPS) is 13.4. The molecule has 27 heavy (non-hydrogen) atoms. The van der Waals surface area contributed by atoms with Crippen LogP contribution in [0.3, 0.4) is 0 Å². The first kappa shape index (κ1) is 18.9. The molecule has 7 heteroatoms. The number of aryl methyl sites for hydroxylation is 1. The quantitative estimate of drug-likeness (QED) is 0.606. The van der Waals surface area contributed by atoms with Crippen LogP contribution in [-0.4, -0.2) is 25.3 Å². The molecule has 0 unspecified atom stereocenters. The van der Waals surface area contributed by atoms with Crippen molar-refractivity contribution in [2.24, 2.45) is 5.16 Å². The molecule has 0 bridgehead atoms. The Morgan fingerprint density at radius 3 is 2.74 bits per heavy atom. The van der Waals surface area contributed by atoms with Gasteiger partial charge < -0.3 is 14.9 Å². The maximum absolute atomic E-state index is 12.2. The van der Waals surface area contributed by atoms with Gasteiger partial charge in [-0.25, -0.2) is 0 Å². The summed E-state index contributed by atoms with van der Waals surface area (Å²) in [5.74, 6) is 0.440. The lowest BCUT2D eigenvalue weighted by Gasteiger charge is -2.09. The van der Waals surface area contributed by atoms with E-state index in [2.05, 4.69) is 16.5 Å². The summed E-state index contributed by atoms with van der Waals surface area (Å²) >= 11 is 1.50. The number of ether oxygens (including phenoxy) is 1. The molecule has 1 aromatic heterocycles. The van der Waals surface area contributed by atoms with Crippen LogP contribution in [0.5, 0.6) is 5.75 Å². The van der Waals surface area contributed by atoms with Gasteiger partial charge in [-0.3, -0.25) is 4.79 Å². The van der Waals surface area contributed by atoms with Gasteiger partial charge in [0.05, 0.1) is 18.4 Å². The summed E-state index contributed by atoms with van der Waals surface area (Å²) in [5, 5.41) is 16.8. The van der Waals surface area contributed by atoms with Crippen molar-refractivity contribution in [1.29, 1.82) is 5.26 Å². The number of oxime groups is 1. The first-order valence-electron chi connectivity index (χ1n) is 8.78. The van der Waals surface area contributed by atoms with Gasteiger partial charge in [0.1, 0.15) is 16.8 Å². The molecule has 1 amide bonds. The van der Waals surface area contributed by atoms with E-state index < -0.39 is 0 Å². The first-order chi connectivity index (χ1) is 13.1. The van der Waals surface area contributed by atoms with Gasteiger partial charge in [-0.05, 0) is 68.0 Å². The zero-order valence-electron chi connectivity index (χ0n) is 15.4. The number of hydrogen-bond donors (Lipinski definition) is 1. The molecular weight excluding hydrogens is 362 g/mol. The van der Waals surface area contributed by atoms with E-state index in [1.54, 1.807) is 14.0 Å². The highest BCUT2D eigenvalue weighted by molar-refractivity contribution is 7.16. The van der Waals surface area contributed by atoms with Crippen LogP contribution in [0.1, 0.15) is 41.3 Å². The Hall–Kier alpha value is -2.85. The van der Waals surface area contributed by atoms with Gasteiger partial charge in [0.25, 0.3) is 5.91 Å². The molecule has 140 valence electrons. The molecule has 1 N–H and O–H groups in total. The summed E-state index contributed by atoms with van der Waals surface area (Å²) in [5.41, 5.74) is 3.24. The van der Waals surface area contributed by atoms with Crippen LogP contribution >= 0.6 is 11.3 Å². The van der Waals surface area contributed by atoms with E-state index in [0.29, 0.717) is 16.3 Å². The van der Waals surface area contributed by atoms with Crippen molar-refractivity contribution >= 4 is 28.0 Å². The summed E-state index contributed by atoms with van der Waals surface area (Å²) in [7, 11) is 1.61. The average molecular weight is 383 g/mol. The molecule has 6 nitrogen and oxygen atoms in total. The first-order valence-corrected chi connectivity index (χ1v) is 9.59.